The summed E-state index contributed by atoms with van der Waals surface area (Å²) in [6.45, 7) is 6.92. The Kier molecular flexibility index (Phi) is 7.11. The summed E-state index contributed by atoms with van der Waals surface area (Å²) in [7, 11) is 0. The lowest BCUT2D eigenvalue weighted by Crippen LogP contribution is -2.49. The molecular weight excluding hydrogens is 434 g/mol. The van der Waals surface area contributed by atoms with Crippen LogP contribution < -0.4 is 5.32 Å². The fourth-order valence-corrected chi connectivity index (χ4v) is 4.47. The zero-order valence-electron chi connectivity index (χ0n) is 18.9. The van der Waals surface area contributed by atoms with Crippen LogP contribution in [0.25, 0.3) is 0 Å². The van der Waals surface area contributed by atoms with Crippen molar-refractivity contribution in [3.63, 3.8) is 0 Å². The Hall–Kier alpha value is -3.15. The minimum absolute atomic E-state index is 0.0183. The molecule has 4 rings (SSSR count). The molecular formula is C27H28ClN3O2. The van der Waals surface area contributed by atoms with E-state index in [1.54, 1.807) is 18.2 Å². The molecule has 1 N–H and O–H groups in total. The first-order chi connectivity index (χ1) is 15.9. The van der Waals surface area contributed by atoms with E-state index in [-0.39, 0.29) is 17.9 Å². The van der Waals surface area contributed by atoms with Gasteiger partial charge in [-0.2, -0.15) is 0 Å². The third-order valence-corrected chi connectivity index (χ3v) is 6.62. The van der Waals surface area contributed by atoms with Crippen molar-refractivity contribution in [2.75, 3.05) is 31.5 Å². The van der Waals surface area contributed by atoms with Gasteiger partial charge in [0.05, 0.1) is 0 Å². The molecule has 0 saturated carbocycles. The molecule has 0 aromatic heterocycles. The Morgan fingerprint density at radius 1 is 0.879 bits per heavy atom. The highest BCUT2D eigenvalue weighted by atomic mass is 35.5. The molecule has 0 aliphatic carbocycles. The maximum Gasteiger partial charge on any atom is 0.255 e. The van der Waals surface area contributed by atoms with Crippen LogP contribution in [0.15, 0.2) is 72.8 Å². The van der Waals surface area contributed by atoms with E-state index >= 15 is 0 Å². The van der Waals surface area contributed by atoms with Gasteiger partial charge in [0.1, 0.15) is 0 Å². The summed E-state index contributed by atoms with van der Waals surface area (Å²) in [6.07, 6.45) is 0. The minimum Gasteiger partial charge on any atom is -0.336 e. The zero-order valence-corrected chi connectivity index (χ0v) is 19.7. The lowest BCUT2D eigenvalue weighted by atomic mass is 10.1. The molecule has 170 valence electrons. The summed E-state index contributed by atoms with van der Waals surface area (Å²) in [5.74, 6) is -0.208. The second kappa shape index (κ2) is 10.2. The summed E-state index contributed by atoms with van der Waals surface area (Å²) in [6, 6.07) is 22.6. The van der Waals surface area contributed by atoms with Gasteiger partial charge in [-0.15, -0.1) is 0 Å². The molecule has 33 heavy (non-hydrogen) atoms. The predicted molar refractivity (Wildman–Crippen MR) is 133 cm³/mol. The van der Waals surface area contributed by atoms with Crippen LogP contribution in [0.2, 0.25) is 5.02 Å². The highest BCUT2D eigenvalue weighted by Crippen LogP contribution is 2.28. The SMILES string of the molecule is Cc1ccc(C(=O)N2CCN(C(C)c3ccccc3Cl)CC2)cc1NC(=O)c1ccccc1. The number of carbonyl (C=O) groups is 2. The molecule has 1 saturated heterocycles. The molecule has 1 atom stereocenters. The van der Waals surface area contributed by atoms with Crippen LogP contribution in [-0.2, 0) is 0 Å². The quantitative estimate of drug-likeness (QED) is 0.552. The van der Waals surface area contributed by atoms with Crippen LogP contribution in [0.1, 0.15) is 44.8 Å². The smallest absolute Gasteiger partial charge is 0.255 e. The number of nitrogens with zero attached hydrogens (tertiary/aromatic N) is 2. The average Bonchev–Trinajstić information content (AvgIpc) is 2.85. The van der Waals surface area contributed by atoms with Crippen LogP contribution in [0, 0.1) is 6.92 Å². The molecule has 1 fully saturated rings. The van der Waals surface area contributed by atoms with Crippen molar-refractivity contribution in [1.29, 1.82) is 0 Å². The van der Waals surface area contributed by atoms with Crippen molar-refractivity contribution < 1.29 is 9.59 Å². The second-order valence-corrected chi connectivity index (χ2v) is 8.78. The van der Waals surface area contributed by atoms with Crippen molar-refractivity contribution in [2.24, 2.45) is 0 Å². The van der Waals surface area contributed by atoms with Crippen LogP contribution in [0.5, 0.6) is 0 Å². The van der Waals surface area contributed by atoms with Gasteiger partial charge in [0.15, 0.2) is 0 Å². The van der Waals surface area contributed by atoms with E-state index in [9.17, 15) is 9.59 Å². The summed E-state index contributed by atoms with van der Waals surface area (Å²) in [5.41, 5.74) is 3.83. The van der Waals surface area contributed by atoms with E-state index in [1.165, 1.54) is 0 Å². The third-order valence-electron chi connectivity index (χ3n) is 6.27. The van der Waals surface area contributed by atoms with Gasteiger partial charge in [-0.25, -0.2) is 0 Å². The number of benzene rings is 3. The molecule has 1 aliphatic heterocycles. The highest BCUT2D eigenvalue weighted by Gasteiger charge is 2.26. The summed E-state index contributed by atoms with van der Waals surface area (Å²) >= 11 is 6.38. The van der Waals surface area contributed by atoms with Gasteiger partial charge in [-0.1, -0.05) is 54.1 Å². The number of piperazine rings is 1. The van der Waals surface area contributed by atoms with Gasteiger partial charge >= 0.3 is 0 Å². The van der Waals surface area contributed by atoms with Crippen LogP contribution >= 0.6 is 11.6 Å². The average molecular weight is 462 g/mol. The maximum atomic E-state index is 13.2. The number of rotatable bonds is 5. The van der Waals surface area contributed by atoms with E-state index in [0.29, 0.717) is 29.9 Å². The number of amides is 2. The monoisotopic (exact) mass is 461 g/mol. The molecule has 1 aliphatic rings. The molecule has 1 unspecified atom stereocenters. The van der Waals surface area contributed by atoms with Crippen LogP contribution in [0.3, 0.4) is 0 Å². The Morgan fingerprint density at radius 3 is 2.24 bits per heavy atom. The van der Waals surface area contributed by atoms with Gasteiger partial charge in [-0.05, 0) is 55.3 Å². The van der Waals surface area contributed by atoms with Gasteiger partial charge in [-0.3, -0.25) is 14.5 Å². The largest absolute Gasteiger partial charge is 0.336 e. The minimum atomic E-state index is -0.189. The molecule has 5 nitrogen and oxygen atoms in total. The zero-order chi connectivity index (χ0) is 23.4. The van der Waals surface area contributed by atoms with E-state index in [1.807, 2.05) is 60.4 Å². The molecule has 0 bridgehead atoms. The number of anilines is 1. The van der Waals surface area contributed by atoms with E-state index in [2.05, 4.69) is 23.2 Å². The second-order valence-electron chi connectivity index (χ2n) is 8.38. The van der Waals surface area contributed by atoms with Gasteiger partial charge in [0.2, 0.25) is 0 Å². The molecule has 0 radical (unpaired) electrons. The number of carbonyl (C=O) groups excluding carboxylic acids is 2. The van der Waals surface area contributed by atoms with E-state index < -0.39 is 0 Å². The van der Waals surface area contributed by atoms with Crippen molar-refractivity contribution in [2.45, 2.75) is 19.9 Å². The predicted octanol–water partition coefficient (Wildman–Crippen LogP) is 5.42. The first-order valence-electron chi connectivity index (χ1n) is 11.2. The summed E-state index contributed by atoms with van der Waals surface area (Å²) in [5, 5.41) is 3.71. The Balaban J connectivity index is 1.41. The van der Waals surface area contributed by atoms with E-state index in [0.717, 1.165) is 29.2 Å². The molecule has 1 heterocycles. The number of nitrogens with one attached hydrogen (secondary N) is 1. The fraction of sp³-hybridized carbons (Fsp3) is 0.259. The Labute approximate surface area is 200 Å². The molecule has 3 aromatic carbocycles. The van der Waals surface area contributed by atoms with Crippen molar-refractivity contribution >= 4 is 29.1 Å². The molecule has 0 spiro atoms. The number of aryl methyl sites for hydroxylation is 1. The topological polar surface area (TPSA) is 52.7 Å². The first-order valence-corrected chi connectivity index (χ1v) is 11.6. The molecule has 2 amide bonds. The first kappa shape index (κ1) is 23.0. The normalized spacial score (nSPS) is 15.2. The van der Waals surface area contributed by atoms with Crippen molar-refractivity contribution in [3.8, 4) is 0 Å². The van der Waals surface area contributed by atoms with Crippen molar-refractivity contribution in [3.05, 3.63) is 100 Å². The summed E-state index contributed by atoms with van der Waals surface area (Å²) < 4.78 is 0. The Morgan fingerprint density at radius 2 is 1.55 bits per heavy atom. The number of hydrogen-bond donors (Lipinski definition) is 1. The van der Waals surface area contributed by atoms with Gasteiger partial charge in [0.25, 0.3) is 11.8 Å². The molecule has 3 aromatic rings. The fourth-order valence-electron chi connectivity index (χ4n) is 4.18. The van der Waals surface area contributed by atoms with Crippen LogP contribution in [0.4, 0.5) is 5.69 Å². The third kappa shape index (κ3) is 5.27. The van der Waals surface area contributed by atoms with Crippen molar-refractivity contribution in [1.82, 2.24) is 9.80 Å². The molecule has 6 heteroatoms. The summed E-state index contributed by atoms with van der Waals surface area (Å²) in [4.78, 5) is 30.0. The van der Waals surface area contributed by atoms with Crippen LogP contribution in [-0.4, -0.2) is 47.8 Å². The number of hydrogen-bond acceptors (Lipinski definition) is 3. The lowest BCUT2D eigenvalue weighted by Gasteiger charge is -2.38. The van der Waals surface area contributed by atoms with Gasteiger partial charge in [0, 0.05) is 54.1 Å². The number of halogens is 1. The van der Waals surface area contributed by atoms with E-state index in [4.69, 9.17) is 11.6 Å². The Bertz CT molecular complexity index is 1140. The van der Waals surface area contributed by atoms with Gasteiger partial charge < -0.3 is 10.2 Å². The lowest BCUT2D eigenvalue weighted by molar-refractivity contribution is 0.0582. The standard InChI is InChI=1S/C27H28ClN3O2/c1-19-12-13-22(18-25(19)29-26(32)21-8-4-3-5-9-21)27(33)31-16-14-30(15-17-31)20(2)23-10-6-7-11-24(23)28/h3-13,18,20H,14-17H2,1-2H3,(H,29,32). The highest BCUT2D eigenvalue weighted by molar-refractivity contribution is 6.31. The maximum absolute atomic E-state index is 13.2.